The Bertz CT molecular complexity index is 1410. The van der Waals surface area contributed by atoms with Crippen LogP contribution in [0.5, 0.6) is 0 Å². The molecule has 1 saturated heterocycles. The van der Waals surface area contributed by atoms with Gasteiger partial charge in [0.05, 0.1) is 6.54 Å². The summed E-state index contributed by atoms with van der Waals surface area (Å²) >= 11 is 6.98. The number of piperazine rings is 1. The molecule has 38 heavy (non-hydrogen) atoms. The van der Waals surface area contributed by atoms with Gasteiger partial charge in [-0.05, 0) is 48.8 Å². The van der Waals surface area contributed by atoms with Gasteiger partial charge < -0.3 is 10.0 Å². The largest absolute Gasteiger partial charge is 0.381 e. The van der Waals surface area contributed by atoms with Gasteiger partial charge in [-0.2, -0.15) is 9.47 Å². The van der Waals surface area contributed by atoms with Crippen LogP contribution in [0, 0.1) is 11.6 Å². The maximum absolute atomic E-state index is 14.9. The highest BCUT2D eigenvalue weighted by Gasteiger charge is 2.43. The summed E-state index contributed by atoms with van der Waals surface area (Å²) in [7, 11) is 0. The van der Waals surface area contributed by atoms with E-state index >= 15 is 0 Å². The zero-order valence-corrected chi connectivity index (χ0v) is 21.9. The molecule has 1 aliphatic heterocycles. The summed E-state index contributed by atoms with van der Waals surface area (Å²) in [5, 5.41) is 16.8. The molecule has 0 radical (unpaired) electrons. The van der Waals surface area contributed by atoms with Crippen LogP contribution >= 0.6 is 23.1 Å². The molecule has 1 N–H and O–H groups in total. The lowest BCUT2D eigenvalue weighted by Crippen LogP contribution is -2.58. The molecular weight excluding hydrogens is 536 g/mol. The van der Waals surface area contributed by atoms with E-state index in [1.807, 2.05) is 4.90 Å². The van der Waals surface area contributed by atoms with Crippen LogP contribution in [0.25, 0.3) is 11.4 Å². The maximum atomic E-state index is 14.9. The first-order valence-electron chi connectivity index (χ1n) is 11.9. The molecule has 1 amide bonds. The van der Waals surface area contributed by atoms with Crippen LogP contribution in [0.1, 0.15) is 22.3 Å². The number of amides is 1. The molecule has 0 spiro atoms. The van der Waals surface area contributed by atoms with E-state index in [-0.39, 0.29) is 23.0 Å². The molecule has 2 unspecified atom stereocenters. The van der Waals surface area contributed by atoms with E-state index in [2.05, 4.69) is 19.4 Å². The van der Waals surface area contributed by atoms with Crippen LogP contribution in [0.2, 0.25) is 5.02 Å². The summed E-state index contributed by atoms with van der Waals surface area (Å²) in [5.74, 6) is -1.34. The van der Waals surface area contributed by atoms with Crippen LogP contribution < -0.4 is 0 Å². The second-order valence-electron chi connectivity index (χ2n) is 9.08. The summed E-state index contributed by atoms with van der Waals surface area (Å²) in [6.07, 6.45) is 2.75. The van der Waals surface area contributed by atoms with Gasteiger partial charge in [0.2, 0.25) is 5.01 Å². The number of halogens is 3. The van der Waals surface area contributed by atoms with Crippen molar-refractivity contribution < 1.29 is 18.7 Å². The molecule has 1 fully saturated rings. The topological polar surface area (TPSA) is 100 Å². The first kappa shape index (κ1) is 26.3. The van der Waals surface area contributed by atoms with Gasteiger partial charge in [-0.1, -0.05) is 17.7 Å². The number of aliphatic hydroxyl groups is 1. The zero-order chi connectivity index (χ0) is 26.9. The van der Waals surface area contributed by atoms with Crippen molar-refractivity contribution in [3.8, 4) is 11.4 Å². The van der Waals surface area contributed by atoms with Gasteiger partial charge in [0.15, 0.2) is 5.82 Å². The van der Waals surface area contributed by atoms with Gasteiger partial charge in [0, 0.05) is 54.4 Å². The number of nitrogens with zero attached hydrogens (tertiary/aromatic N) is 7. The smallest absolute Gasteiger partial charge is 0.284 e. The molecule has 3 heterocycles. The number of hydrogen-bond acceptors (Lipinski definition) is 8. The molecule has 9 nitrogen and oxygen atoms in total. The Morgan fingerprint density at radius 1 is 1.16 bits per heavy atom. The van der Waals surface area contributed by atoms with E-state index in [4.69, 9.17) is 11.6 Å². The van der Waals surface area contributed by atoms with E-state index in [9.17, 15) is 18.7 Å². The summed E-state index contributed by atoms with van der Waals surface area (Å²) in [6, 6.07) is 9.60. The second-order valence-corrected chi connectivity index (χ2v) is 10.3. The predicted octanol–water partition coefficient (Wildman–Crippen LogP) is 3.46. The molecule has 0 bridgehead atoms. The summed E-state index contributed by atoms with van der Waals surface area (Å²) in [4.78, 5) is 25.1. The van der Waals surface area contributed by atoms with E-state index in [1.54, 1.807) is 36.1 Å². The lowest BCUT2D eigenvalue weighted by Gasteiger charge is -2.44. The minimum Gasteiger partial charge on any atom is -0.381 e. The van der Waals surface area contributed by atoms with Gasteiger partial charge >= 0.3 is 0 Å². The van der Waals surface area contributed by atoms with Crippen molar-refractivity contribution in [2.45, 2.75) is 25.1 Å². The minimum absolute atomic E-state index is 0.0380. The first-order chi connectivity index (χ1) is 18.2. The molecular formula is C25H24ClF2N7O2S. The quantitative estimate of drug-likeness (QED) is 0.370. The van der Waals surface area contributed by atoms with Crippen LogP contribution in [0.4, 0.5) is 8.78 Å². The Labute approximate surface area is 226 Å². The van der Waals surface area contributed by atoms with E-state index < -0.39 is 23.3 Å². The van der Waals surface area contributed by atoms with Crippen LogP contribution in [0.15, 0.2) is 55.1 Å². The monoisotopic (exact) mass is 559 g/mol. The number of carbonyl (C=O) groups is 1. The SMILES string of the molecule is CC(N1CCN(C(=O)c2nc(-c3ccc(Cl)cc3)ns2)CC1)C(O)(Cn1cncn1)c1ccc(F)cc1F. The normalized spacial score (nSPS) is 16.8. The highest BCUT2D eigenvalue weighted by molar-refractivity contribution is 7.07. The summed E-state index contributed by atoms with van der Waals surface area (Å²) < 4.78 is 34.2. The molecule has 2 aromatic carbocycles. The molecule has 198 valence electrons. The highest BCUT2D eigenvalue weighted by Crippen LogP contribution is 2.33. The summed E-state index contributed by atoms with van der Waals surface area (Å²) in [5.41, 5.74) is -1.02. The van der Waals surface area contributed by atoms with Gasteiger partial charge in [0.1, 0.15) is 29.9 Å². The molecule has 5 rings (SSSR count). The molecule has 2 atom stereocenters. The van der Waals surface area contributed by atoms with Gasteiger partial charge in [-0.25, -0.2) is 23.4 Å². The van der Waals surface area contributed by atoms with Gasteiger partial charge in [-0.15, -0.1) is 0 Å². The number of benzene rings is 2. The molecule has 1 aliphatic rings. The van der Waals surface area contributed by atoms with Crippen molar-refractivity contribution in [1.29, 1.82) is 0 Å². The van der Waals surface area contributed by atoms with Crippen molar-refractivity contribution >= 4 is 29.0 Å². The standard InChI is InChI=1S/C25H24ClF2N7O2S/c1-16(25(37,13-35-15-29-14-30-35)20-7-6-19(27)12-21(20)28)33-8-10-34(11-9-33)24(36)23-31-22(32-38-23)17-2-4-18(26)5-3-17/h2-7,12,14-16,37H,8-11,13H2,1H3. The Morgan fingerprint density at radius 3 is 2.55 bits per heavy atom. The average molecular weight is 560 g/mol. The third-order valence-corrected chi connectivity index (χ3v) is 7.77. The Balaban J connectivity index is 1.30. The highest BCUT2D eigenvalue weighted by atomic mass is 35.5. The Morgan fingerprint density at radius 2 is 1.89 bits per heavy atom. The van der Waals surface area contributed by atoms with Gasteiger partial charge in [0.25, 0.3) is 5.91 Å². The zero-order valence-electron chi connectivity index (χ0n) is 20.3. The predicted molar refractivity (Wildman–Crippen MR) is 138 cm³/mol. The molecule has 4 aromatic rings. The van der Waals surface area contributed by atoms with E-state index in [1.165, 1.54) is 23.4 Å². The maximum Gasteiger partial charge on any atom is 0.284 e. The van der Waals surface area contributed by atoms with Crippen molar-refractivity contribution in [2.75, 3.05) is 26.2 Å². The Hall–Kier alpha value is -3.32. The molecule has 13 heteroatoms. The van der Waals surface area contributed by atoms with Crippen LogP contribution in [0.3, 0.4) is 0 Å². The first-order valence-corrected chi connectivity index (χ1v) is 13.0. The Kier molecular flexibility index (Phi) is 7.48. The number of hydrogen-bond donors (Lipinski definition) is 1. The molecule has 2 aromatic heterocycles. The summed E-state index contributed by atoms with van der Waals surface area (Å²) in [6.45, 7) is 3.31. The van der Waals surface area contributed by atoms with Crippen LogP contribution in [-0.2, 0) is 12.1 Å². The number of carbonyl (C=O) groups excluding carboxylic acids is 1. The van der Waals surface area contributed by atoms with Crippen molar-refractivity contribution in [1.82, 2.24) is 33.9 Å². The number of aromatic nitrogens is 5. The molecule has 0 aliphatic carbocycles. The van der Waals surface area contributed by atoms with Crippen LogP contribution in [-0.4, -0.2) is 77.2 Å². The number of rotatable bonds is 7. The lowest BCUT2D eigenvalue weighted by molar-refractivity contribution is -0.0719. The van der Waals surface area contributed by atoms with E-state index in [0.29, 0.717) is 37.0 Å². The second kappa shape index (κ2) is 10.8. The lowest BCUT2D eigenvalue weighted by atomic mass is 9.85. The molecule has 0 saturated carbocycles. The van der Waals surface area contributed by atoms with Crippen molar-refractivity contribution in [3.05, 3.63) is 82.3 Å². The third-order valence-electron chi connectivity index (χ3n) is 6.82. The van der Waals surface area contributed by atoms with E-state index in [0.717, 1.165) is 29.2 Å². The third kappa shape index (κ3) is 5.30. The van der Waals surface area contributed by atoms with Crippen molar-refractivity contribution in [3.63, 3.8) is 0 Å². The minimum atomic E-state index is -1.75. The fourth-order valence-corrected chi connectivity index (χ4v) is 5.40. The van der Waals surface area contributed by atoms with Crippen molar-refractivity contribution in [2.24, 2.45) is 0 Å². The fourth-order valence-electron chi connectivity index (χ4n) is 4.62. The van der Waals surface area contributed by atoms with Gasteiger partial charge in [-0.3, -0.25) is 9.69 Å². The average Bonchev–Trinajstić information content (AvgIpc) is 3.61. The fraction of sp³-hybridized carbons (Fsp3) is 0.320.